The lowest BCUT2D eigenvalue weighted by molar-refractivity contribution is -0.136. The Morgan fingerprint density at radius 1 is 1.32 bits per heavy atom. The van der Waals surface area contributed by atoms with Crippen molar-refractivity contribution in [2.24, 2.45) is 10.9 Å². The van der Waals surface area contributed by atoms with Gasteiger partial charge in [-0.2, -0.15) is 0 Å². The van der Waals surface area contributed by atoms with Crippen molar-refractivity contribution in [3.05, 3.63) is 28.9 Å². The third kappa shape index (κ3) is 4.44. The summed E-state index contributed by atoms with van der Waals surface area (Å²) in [7, 11) is 0. The van der Waals surface area contributed by atoms with E-state index >= 15 is 0 Å². The molecule has 1 unspecified atom stereocenters. The molecule has 0 bridgehead atoms. The van der Waals surface area contributed by atoms with Gasteiger partial charge in [0, 0.05) is 36.1 Å². The van der Waals surface area contributed by atoms with Gasteiger partial charge in [-0.25, -0.2) is 14.4 Å². The van der Waals surface area contributed by atoms with Crippen LogP contribution in [0, 0.1) is 11.7 Å². The van der Waals surface area contributed by atoms with Gasteiger partial charge in [0.15, 0.2) is 17.5 Å². The molecule has 9 heteroatoms. The second-order valence-corrected chi connectivity index (χ2v) is 8.59. The van der Waals surface area contributed by atoms with Crippen LogP contribution >= 0.6 is 11.6 Å². The second kappa shape index (κ2) is 9.34. The van der Waals surface area contributed by atoms with Crippen LogP contribution in [0.25, 0.3) is 17.5 Å². The number of fused-ring (bicyclic) bond motifs is 1. The molecule has 0 spiro atoms. The molecule has 7 nitrogen and oxygen atoms in total. The molecule has 0 saturated heterocycles. The largest absolute Gasteiger partial charge is 0.364 e. The molecule has 1 saturated carbocycles. The predicted octanol–water partition coefficient (Wildman–Crippen LogP) is 2.47. The number of hydrogen-bond acceptors (Lipinski definition) is 5. The summed E-state index contributed by atoms with van der Waals surface area (Å²) in [5.41, 5.74) is 1.46. The Bertz CT molecular complexity index is 1070. The molecule has 3 heterocycles. The lowest BCUT2D eigenvalue weighted by atomic mass is 9.83. The molecule has 3 atom stereocenters. The molecule has 1 aliphatic carbocycles. The Hall–Kier alpha value is -2.48. The molecule has 2 N–H and O–H groups in total. The topological polar surface area (TPSA) is 86.3 Å². The van der Waals surface area contributed by atoms with E-state index in [0.29, 0.717) is 25.5 Å². The van der Waals surface area contributed by atoms with Crippen molar-refractivity contribution in [2.45, 2.75) is 50.9 Å². The zero-order chi connectivity index (χ0) is 22.0. The number of halogens is 2. The Morgan fingerprint density at radius 2 is 2.10 bits per heavy atom. The minimum Gasteiger partial charge on any atom is -0.364 e. The number of H-pyrrole nitrogens is 1. The van der Waals surface area contributed by atoms with Crippen molar-refractivity contribution < 1.29 is 9.18 Å². The van der Waals surface area contributed by atoms with E-state index in [0.717, 1.165) is 42.0 Å². The standard InChI is InChI=1S/C22H28ClFN6O/c1-3-30(4-2)22(31)14-7-5-6-8-18(14)28-21-17(24)12-27-20(29-21)16-11-26-19-15(16)9-13(23)10-25-19/h9,11-14,18H,3-8,10H2,1-2H3,(H,25,26)(H,27,28,29)/t13?,14-,18-/m0/s1. The van der Waals surface area contributed by atoms with Crippen molar-refractivity contribution in [1.29, 1.82) is 0 Å². The van der Waals surface area contributed by atoms with Gasteiger partial charge < -0.3 is 15.2 Å². The Balaban J connectivity index is 1.63. The van der Waals surface area contributed by atoms with Gasteiger partial charge in [-0.05, 0) is 26.7 Å². The van der Waals surface area contributed by atoms with Gasteiger partial charge in [-0.15, -0.1) is 11.6 Å². The van der Waals surface area contributed by atoms with E-state index in [-0.39, 0.29) is 29.1 Å². The van der Waals surface area contributed by atoms with Gasteiger partial charge in [0.1, 0.15) is 5.49 Å². The Morgan fingerprint density at radius 3 is 2.87 bits per heavy atom. The maximum atomic E-state index is 14.6. The number of carbonyl (C=O) groups excluding carboxylic acids is 1. The van der Waals surface area contributed by atoms with Gasteiger partial charge in [-0.1, -0.05) is 18.9 Å². The number of anilines is 1. The fourth-order valence-electron chi connectivity index (χ4n) is 4.46. The number of nitrogens with one attached hydrogen (secondary N) is 2. The third-order valence-electron chi connectivity index (χ3n) is 6.14. The number of aromatic amines is 1. The van der Waals surface area contributed by atoms with E-state index in [1.807, 2.05) is 24.8 Å². The van der Waals surface area contributed by atoms with Gasteiger partial charge in [-0.3, -0.25) is 9.79 Å². The normalized spacial score (nSPS) is 22.8. The molecule has 0 radical (unpaired) electrons. The number of nitrogens with zero attached hydrogens (tertiary/aromatic N) is 4. The minimum absolute atomic E-state index is 0.124. The summed E-state index contributed by atoms with van der Waals surface area (Å²) in [5, 5.41) is 3.86. The van der Waals surface area contributed by atoms with E-state index in [2.05, 4.69) is 25.3 Å². The molecule has 31 heavy (non-hydrogen) atoms. The van der Waals surface area contributed by atoms with E-state index in [1.165, 1.54) is 6.20 Å². The third-order valence-corrected chi connectivity index (χ3v) is 6.40. The van der Waals surface area contributed by atoms with Crippen LogP contribution in [0.2, 0.25) is 0 Å². The van der Waals surface area contributed by atoms with Gasteiger partial charge in [0.05, 0.1) is 24.0 Å². The summed E-state index contributed by atoms with van der Waals surface area (Å²) in [6.45, 7) is 5.82. The summed E-state index contributed by atoms with van der Waals surface area (Å²) in [6, 6.07) is -0.159. The molecule has 1 aliphatic heterocycles. The van der Waals surface area contributed by atoms with Crippen molar-refractivity contribution in [3.8, 4) is 11.4 Å². The first-order chi connectivity index (χ1) is 15.0. The summed E-state index contributed by atoms with van der Waals surface area (Å²) >= 11 is 6.23. The average molecular weight is 447 g/mol. The number of alkyl halides is 1. The summed E-state index contributed by atoms with van der Waals surface area (Å²) in [6.07, 6.45) is 8.45. The first-order valence-electron chi connectivity index (χ1n) is 11.0. The fraction of sp³-hybridized carbons (Fsp3) is 0.545. The van der Waals surface area contributed by atoms with Gasteiger partial charge in [0.25, 0.3) is 0 Å². The van der Waals surface area contributed by atoms with Crippen LogP contribution in [0.1, 0.15) is 39.5 Å². The molecular formula is C22H28ClFN6O. The fourth-order valence-corrected chi connectivity index (χ4v) is 4.66. The minimum atomic E-state index is -0.531. The lowest BCUT2D eigenvalue weighted by Crippen LogP contribution is -2.45. The molecule has 2 aromatic rings. The van der Waals surface area contributed by atoms with Gasteiger partial charge >= 0.3 is 0 Å². The number of carbonyl (C=O) groups is 1. The highest BCUT2D eigenvalue weighted by molar-refractivity contribution is 6.24. The number of aromatic nitrogens is 3. The Labute approximate surface area is 185 Å². The maximum Gasteiger partial charge on any atom is 0.227 e. The molecule has 2 aromatic heterocycles. The van der Waals surface area contributed by atoms with Crippen molar-refractivity contribution in [3.63, 3.8) is 0 Å². The molecule has 1 amide bonds. The average Bonchev–Trinajstić information content (AvgIpc) is 3.19. The zero-order valence-electron chi connectivity index (χ0n) is 17.9. The highest BCUT2D eigenvalue weighted by Gasteiger charge is 2.33. The monoisotopic (exact) mass is 446 g/mol. The SMILES string of the molecule is CCN(CC)C(=O)[C@H]1CCCC[C@@H]1Nc1nc(-c2c[nH]c3c2=CC(Cl)CN=3)ncc1F. The van der Waals surface area contributed by atoms with Crippen LogP contribution in [0.3, 0.4) is 0 Å². The summed E-state index contributed by atoms with van der Waals surface area (Å²) < 4.78 is 14.6. The van der Waals surface area contributed by atoms with Crippen LogP contribution in [0.5, 0.6) is 0 Å². The van der Waals surface area contributed by atoms with Gasteiger partial charge in [0.2, 0.25) is 5.91 Å². The van der Waals surface area contributed by atoms with Crippen LogP contribution < -0.4 is 16.0 Å². The van der Waals surface area contributed by atoms with E-state index < -0.39 is 5.82 Å². The highest BCUT2D eigenvalue weighted by atomic mass is 35.5. The van der Waals surface area contributed by atoms with Crippen LogP contribution in [-0.2, 0) is 4.79 Å². The molecule has 4 rings (SSSR count). The Kier molecular flexibility index (Phi) is 6.55. The summed E-state index contributed by atoms with van der Waals surface area (Å²) in [4.78, 5) is 31.0. The first-order valence-corrected chi connectivity index (χ1v) is 11.4. The molecular weight excluding hydrogens is 419 g/mol. The van der Waals surface area contributed by atoms with Crippen molar-refractivity contribution >= 4 is 29.4 Å². The summed E-state index contributed by atoms with van der Waals surface area (Å²) in [5.74, 6) is -0.0753. The zero-order valence-corrected chi connectivity index (χ0v) is 18.6. The van der Waals surface area contributed by atoms with Crippen molar-refractivity contribution in [1.82, 2.24) is 19.9 Å². The smallest absolute Gasteiger partial charge is 0.227 e. The molecule has 166 valence electrons. The molecule has 2 aliphatic rings. The van der Waals surface area contributed by atoms with E-state index in [4.69, 9.17) is 11.6 Å². The van der Waals surface area contributed by atoms with E-state index in [1.54, 1.807) is 6.20 Å². The maximum absolute atomic E-state index is 14.6. The quantitative estimate of drug-likeness (QED) is 0.667. The second-order valence-electron chi connectivity index (χ2n) is 8.03. The van der Waals surface area contributed by atoms with Crippen LogP contribution in [-0.4, -0.2) is 56.8 Å². The highest BCUT2D eigenvalue weighted by Crippen LogP contribution is 2.29. The predicted molar refractivity (Wildman–Crippen MR) is 119 cm³/mol. The first kappa shape index (κ1) is 21.7. The van der Waals surface area contributed by atoms with Crippen molar-refractivity contribution in [2.75, 3.05) is 25.0 Å². The number of rotatable bonds is 6. The van der Waals surface area contributed by atoms with Crippen LogP contribution in [0.15, 0.2) is 17.4 Å². The lowest BCUT2D eigenvalue weighted by Gasteiger charge is -2.34. The number of amides is 1. The van der Waals surface area contributed by atoms with E-state index in [9.17, 15) is 9.18 Å². The molecule has 0 aromatic carbocycles. The molecule has 1 fully saturated rings. The van der Waals surface area contributed by atoms with Crippen LogP contribution in [0.4, 0.5) is 10.2 Å². The number of hydrogen-bond donors (Lipinski definition) is 2.